The number of ether oxygens (including phenoxy) is 1. The number of carbonyl (C=O) groups excluding carboxylic acids is 1. The van der Waals surface area contributed by atoms with Gasteiger partial charge < -0.3 is 10.1 Å². The fourth-order valence-corrected chi connectivity index (χ4v) is 4.59. The number of halogens is 2. The van der Waals surface area contributed by atoms with Crippen LogP contribution in [0.3, 0.4) is 0 Å². The van der Waals surface area contributed by atoms with Gasteiger partial charge in [0.2, 0.25) is 0 Å². The molecule has 0 saturated heterocycles. The van der Waals surface area contributed by atoms with E-state index < -0.39 is 16.1 Å². The Morgan fingerprint density at radius 2 is 1.67 bits per heavy atom. The smallest absolute Gasteiger partial charge is 0.265 e. The van der Waals surface area contributed by atoms with Gasteiger partial charge in [0, 0.05) is 5.69 Å². The van der Waals surface area contributed by atoms with Crippen molar-refractivity contribution in [3.05, 3.63) is 81.3 Å². The van der Waals surface area contributed by atoms with Crippen molar-refractivity contribution in [1.29, 1.82) is 0 Å². The van der Waals surface area contributed by atoms with E-state index in [4.69, 9.17) is 27.9 Å². The predicted octanol–water partition coefficient (Wildman–Crippen LogP) is 6.13. The van der Waals surface area contributed by atoms with Gasteiger partial charge in [-0.05, 0) is 86.8 Å². The molecule has 0 heterocycles. The molecule has 0 saturated carbocycles. The number of sulfonamides is 1. The first kappa shape index (κ1) is 24.9. The highest BCUT2D eigenvalue weighted by Gasteiger charge is 2.19. The van der Waals surface area contributed by atoms with E-state index in [1.807, 2.05) is 26.8 Å². The van der Waals surface area contributed by atoms with E-state index in [9.17, 15) is 13.2 Å². The molecule has 0 aliphatic carbocycles. The van der Waals surface area contributed by atoms with Gasteiger partial charge in [-0.2, -0.15) is 0 Å². The molecule has 0 spiro atoms. The quantitative estimate of drug-likeness (QED) is 0.403. The molecule has 0 unspecified atom stereocenters. The summed E-state index contributed by atoms with van der Waals surface area (Å²) in [6.07, 6.45) is -0.750. The SMILES string of the molecule is Cc1cc(C)c(C)c(O[C@@H](C)C(=O)Nc2ccc(S(=O)(=O)Nc3cccc(Cl)c3Cl)cc2)c1. The summed E-state index contributed by atoms with van der Waals surface area (Å²) >= 11 is 12.0. The molecule has 3 aromatic rings. The first-order chi connectivity index (χ1) is 15.5. The fraction of sp³-hybridized carbons (Fsp3) is 0.208. The van der Waals surface area contributed by atoms with Crippen molar-refractivity contribution in [1.82, 2.24) is 0 Å². The Bertz CT molecular complexity index is 1290. The lowest BCUT2D eigenvalue weighted by molar-refractivity contribution is -0.122. The zero-order valence-corrected chi connectivity index (χ0v) is 20.9. The second-order valence-electron chi connectivity index (χ2n) is 7.69. The molecule has 174 valence electrons. The molecule has 0 aliphatic rings. The highest BCUT2D eigenvalue weighted by atomic mass is 35.5. The average molecular weight is 507 g/mol. The van der Waals surface area contributed by atoms with E-state index in [0.29, 0.717) is 11.4 Å². The van der Waals surface area contributed by atoms with Crippen LogP contribution in [-0.4, -0.2) is 20.4 Å². The normalized spacial score (nSPS) is 12.2. The Labute approximate surface area is 203 Å². The maximum atomic E-state index is 12.7. The van der Waals surface area contributed by atoms with Crippen LogP contribution >= 0.6 is 23.2 Å². The minimum absolute atomic E-state index is 0.00620. The monoisotopic (exact) mass is 506 g/mol. The Kier molecular flexibility index (Phi) is 7.57. The van der Waals surface area contributed by atoms with Gasteiger partial charge in [0.25, 0.3) is 15.9 Å². The second kappa shape index (κ2) is 10.0. The highest BCUT2D eigenvalue weighted by molar-refractivity contribution is 7.92. The standard InChI is InChI=1S/C24H24Cl2N2O4S/c1-14-12-15(2)16(3)22(13-14)32-17(4)24(29)27-18-8-10-19(11-9-18)33(30,31)28-21-7-5-6-20(25)23(21)26/h5-13,17,28H,1-4H3,(H,27,29)/t17-/m0/s1. The van der Waals surface area contributed by atoms with Crippen LogP contribution in [-0.2, 0) is 14.8 Å². The summed E-state index contributed by atoms with van der Waals surface area (Å²) in [6.45, 7) is 7.56. The molecule has 1 atom stereocenters. The lowest BCUT2D eigenvalue weighted by atomic mass is 10.1. The van der Waals surface area contributed by atoms with E-state index in [2.05, 4.69) is 16.1 Å². The van der Waals surface area contributed by atoms with E-state index >= 15 is 0 Å². The van der Waals surface area contributed by atoms with Crippen molar-refractivity contribution in [3.8, 4) is 5.75 Å². The van der Waals surface area contributed by atoms with Crippen molar-refractivity contribution in [2.24, 2.45) is 0 Å². The van der Waals surface area contributed by atoms with Crippen LogP contribution in [0.1, 0.15) is 23.6 Å². The molecule has 0 bridgehead atoms. The highest BCUT2D eigenvalue weighted by Crippen LogP contribution is 2.31. The zero-order chi connectivity index (χ0) is 24.3. The minimum Gasteiger partial charge on any atom is -0.481 e. The van der Waals surface area contributed by atoms with Gasteiger partial charge in [-0.25, -0.2) is 8.42 Å². The molecule has 0 aliphatic heterocycles. The zero-order valence-electron chi connectivity index (χ0n) is 18.6. The van der Waals surface area contributed by atoms with Gasteiger partial charge in [0.15, 0.2) is 6.10 Å². The number of rotatable bonds is 7. The van der Waals surface area contributed by atoms with Crippen LogP contribution < -0.4 is 14.8 Å². The summed E-state index contributed by atoms with van der Waals surface area (Å²) in [4.78, 5) is 12.6. The van der Waals surface area contributed by atoms with Crippen molar-refractivity contribution >= 4 is 50.5 Å². The van der Waals surface area contributed by atoms with E-state index in [1.165, 1.54) is 30.3 Å². The maximum Gasteiger partial charge on any atom is 0.265 e. The van der Waals surface area contributed by atoms with Crippen LogP contribution in [0.25, 0.3) is 0 Å². The van der Waals surface area contributed by atoms with Gasteiger partial charge in [-0.1, -0.05) is 35.3 Å². The summed E-state index contributed by atoms with van der Waals surface area (Å²) in [5, 5.41) is 3.09. The lowest BCUT2D eigenvalue weighted by Crippen LogP contribution is -2.30. The first-order valence-corrected chi connectivity index (χ1v) is 12.3. The molecule has 3 rings (SSSR count). The van der Waals surface area contributed by atoms with Crippen molar-refractivity contribution < 1.29 is 17.9 Å². The van der Waals surface area contributed by atoms with Crippen LogP contribution in [0.15, 0.2) is 59.5 Å². The van der Waals surface area contributed by atoms with Gasteiger partial charge >= 0.3 is 0 Å². The third-order valence-electron chi connectivity index (χ3n) is 5.07. The van der Waals surface area contributed by atoms with Gasteiger partial charge in [-0.3, -0.25) is 9.52 Å². The molecule has 33 heavy (non-hydrogen) atoms. The first-order valence-electron chi connectivity index (χ1n) is 10.1. The van der Waals surface area contributed by atoms with Gasteiger partial charge in [0.05, 0.1) is 20.6 Å². The molecule has 0 radical (unpaired) electrons. The van der Waals surface area contributed by atoms with Crippen molar-refractivity contribution in [2.45, 2.75) is 38.7 Å². The number of aryl methyl sites for hydroxylation is 2. The summed E-state index contributed by atoms with van der Waals surface area (Å²) in [5.74, 6) is 0.301. The van der Waals surface area contributed by atoms with Crippen molar-refractivity contribution in [2.75, 3.05) is 10.0 Å². The molecule has 9 heteroatoms. The van der Waals surface area contributed by atoms with Gasteiger partial charge in [0.1, 0.15) is 5.75 Å². The Hall–Kier alpha value is -2.74. The van der Waals surface area contributed by atoms with Crippen LogP contribution in [0.4, 0.5) is 11.4 Å². The molecule has 3 aromatic carbocycles. The molecule has 2 N–H and O–H groups in total. The van der Waals surface area contributed by atoms with E-state index in [-0.39, 0.29) is 26.5 Å². The Morgan fingerprint density at radius 3 is 2.33 bits per heavy atom. The minimum atomic E-state index is -3.90. The maximum absolute atomic E-state index is 12.7. The predicted molar refractivity (Wildman–Crippen MR) is 133 cm³/mol. The number of benzene rings is 3. The Morgan fingerprint density at radius 1 is 1.00 bits per heavy atom. The molecule has 1 amide bonds. The van der Waals surface area contributed by atoms with Crippen LogP contribution in [0.2, 0.25) is 10.0 Å². The molecular formula is C24H24Cl2N2O4S. The number of carbonyl (C=O) groups is 1. The molecule has 6 nitrogen and oxygen atoms in total. The molecule has 0 fully saturated rings. The fourth-order valence-electron chi connectivity index (χ4n) is 3.11. The van der Waals surface area contributed by atoms with Crippen LogP contribution in [0, 0.1) is 20.8 Å². The number of hydrogen-bond donors (Lipinski definition) is 2. The second-order valence-corrected chi connectivity index (χ2v) is 10.2. The Balaban J connectivity index is 1.68. The number of hydrogen-bond acceptors (Lipinski definition) is 4. The number of nitrogens with one attached hydrogen (secondary N) is 2. The summed E-state index contributed by atoms with van der Waals surface area (Å²) in [5.41, 5.74) is 3.72. The third kappa shape index (κ3) is 5.99. The number of anilines is 2. The largest absolute Gasteiger partial charge is 0.481 e. The lowest BCUT2D eigenvalue weighted by Gasteiger charge is -2.18. The summed E-state index contributed by atoms with van der Waals surface area (Å²) in [6, 6.07) is 14.4. The van der Waals surface area contributed by atoms with E-state index in [0.717, 1.165) is 16.7 Å². The molecule has 0 aromatic heterocycles. The molecular weight excluding hydrogens is 483 g/mol. The summed E-state index contributed by atoms with van der Waals surface area (Å²) in [7, 11) is -3.90. The average Bonchev–Trinajstić information content (AvgIpc) is 2.75. The van der Waals surface area contributed by atoms with Crippen LogP contribution in [0.5, 0.6) is 5.75 Å². The van der Waals surface area contributed by atoms with E-state index in [1.54, 1.807) is 19.1 Å². The topological polar surface area (TPSA) is 84.5 Å². The van der Waals surface area contributed by atoms with Gasteiger partial charge in [-0.15, -0.1) is 0 Å². The summed E-state index contributed by atoms with van der Waals surface area (Å²) < 4.78 is 33.6. The third-order valence-corrected chi connectivity index (χ3v) is 7.27. The number of amides is 1. The van der Waals surface area contributed by atoms with Crippen molar-refractivity contribution in [3.63, 3.8) is 0 Å².